The Morgan fingerprint density at radius 3 is 2.59 bits per heavy atom. The molecule has 3 rings (SSSR count). The van der Waals surface area contributed by atoms with E-state index < -0.39 is 0 Å². The second kappa shape index (κ2) is 3.70. The van der Waals surface area contributed by atoms with E-state index >= 15 is 0 Å². The average molecular weight is 226 g/mol. The molecule has 0 aliphatic carbocycles. The molecule has 0 saturated heterocycles. The van der Waals surface area contributed by atoms with Crippen LogP contribution in [0.3, 0.4) is 0 Å². The summed E-state index contributed by atoms with van der Waals surface area (Å²) in [6.45, 7) is 2.05. The molecular weight excluding hydrogens is 215 g/mol. The normalized spacial score (nSPS) is 10.9. The van der Waals surface area contributed by atoms with Crippen molar-refractivity contribution in [3.05, 3.63) is 60.0 Å². The van der Waals surface area contributed by atoms with E-state index in [-0.39, 0.29) is 5.82 Å². The highest BCUT2D eigenvalue weighted by molar-refractivity contribution is 5.80. The third-order valence-electron chi connectivity index (χ3n) is 2.79. The molecule has 0 bridgehead atoms. The van der Waals surface area contributed by atoms with Gasteiger partial charge in [0.25, 0.3) is 0 Å². The minimum Gasteiger partial charge on any atom is -0.233 e. The minimum atomic E-state index is -0.235. The van der Waals surface area contributed by atoms with Gasteiger partial charge in [-0.15, -0.1) is 0 Å². The number of rotatable bonds is 1. The van der Waals surface area contributed by atoms with Gasteiger partial charge in [0.15, 0.2) is 0 Å². The van der Waals surface area contributed by atoms with Crippen molar-refractivity contribution < 1.29 is 4.39 Å². The molecule has 0 spiro atoms. The van der Waals surface area contributed by atoms with Crippen LogP contribution in [-0.2, 0) is 0 Å². The van der Waals surface area contributed by atoms with Crippen molar-refractivity contribution in [2.24, 2.45) is 0 Å². The molecule has 84 valence electrons. The topological polar surface area (TPSA) is 17.8 Å². The van der Waals surface area contributed by atoms with Crippen LogP contribution in [0.1, 0.15) is 5.56 Å². The van der Waals surface area contributed by atoms with Crippen molar-refractivity contribution >= 4 is 10.9 Å². The maximum Gasteiger partial charge on any atom is 0.123 e. The first-order valence-corrected chi connectivity index (χ1v) is 5.44. The SMILES string of the molecule is Cc1ccc2c(cnn2-c2ccc(F)cc2)c1. The lowest BCUT2D eigenvalue weighted by Crippen LogP contribution is -1.95. The zero-order valence-electron chi connectivity index (χ0n) is 9.39. The van der Waals surface area contributed by atoms with Crippen LogP contribution in [0.4, 0.5) is 4.39 Å². The molecule has 0 atom stereocenters. The molecule has 0 saturated carbocycles. The Morgan fingerprint density at radius 1 is 1.06 bits per heavy atom. The summed E-state index contributed by atoms with van der Waals surface area (Å²) < 4.78 is 14.7. The van der Waals surface area contributed by atoms with E-state index in [1.54, 1.807) is 12.1 Å². The molecule has 2 aromatic carbocycles. The number of halogens is 1. The van der Waals surface area contributed by atoms with Crippen molar-refractivity contribution in [1.29, 1.82) is 0 Å². The zero-order valence-corrected chi connectivity index (χ0v) is 9.39. The van der Waals surface area contributed by atoms with Crippen molar-refractivity contribution in [3.8, 4) is 5.69 Å². The first-order valence-electron chi connectivity index (χ1n) is 5.44. The van der Waals surface area contributed by atoms with E-state index in [1.165, 1.54) is 17.7 Å². The molecule has 0 aliphatic heterocycles. The number of aryl methyl sites for hydroxylation is 1. The molecule has 0 unspecified atom stereocenters. The summed E-state index contributed by atoms with van der Waals surface area (Å²) in [5.74, 6) is -0.235. The third kappa shape index (κ3) is 1.69. The number of fused-ring (bicyclic) bond motifs is 1. The lowest BCUT2D eigenvalue weighted by atomic mass is 10.2. The summed E-state index contributed by atoms with van der Waals surface area (Å²) >= 11 is 0. The lowest BCUT2D eigenvalue weighted by Gasteiger charge is -2.03. The monoisotopic (exact) mass is 226 g/mol. The Bertz CT molecular complexity index is 668. The van der Waals surface area contributed by atoms with Crippen molar-refractivity contribution in [1.82, 2.24) is 9.78 Å². The summed E-state index contributed by atoms with van der Waals surface area (Å²) in [5, 5.41) is 5.42. The quantitative estimate of drug-likeness (QED) is 0.621. The summed E-state index contributed by atoms with van der Waals surface area (Å²) in [5.41, 5.74) is 3.10. The molecule has 1 aromatic heterocycles. The summed E-state index contributed by atoms with van der Waals surface area (Å²) in [7, 11) is 0. The molecule has 3 aromatic rings. The standard InChI is InChI=1S/C14H11FN2/c1-10-2-7-14-11(8-10)9-16-17(14)13-5-3-12(15)4-6-13/h2-9H,1H3. The van der Waals surface area contributed by atoms with Crippen LogP contribution in [0, 0.1) is 12.7 Å². The van der Waals surface area contributed by atoms with Gasteiger partial charge in [0.1, 0.15) is 5.82 Å². The van der Waals surface area contributed by atoms with E-state index in [0.29, 0.717) is 0 Å². The van der Waals surface area contributed by atoms with E-state index in [0.717, 1.165) is 16.6 Å². The second-order valence-electron chi connectivity index (χ2n) is 4.10. The van der Waals surface area contributed by atoms with Crippen LogP contribution in [-0.4, -0.2) is 9.78 Å². The predicted octanol–water partition coefficient (Wildman–Crippen LogP) is 3.47. The smallest absolute Gasteiger partial charge is 0.123 e. The van der Waals surface area contributed by atoms with Crippen LogP contribution < -0.4 is 0 Å². The van der Waals surface area contributed by atoms with E-state index in [2.05, 4.69) is 18.1 Å². The highest BCUT2D eigenvalue weighted by Crippen LogP contribution is 2.19. The molecule has 2 nitrogen and oxygen atoms in total. The maximum atomic E-state index is 12.9. The predicted molar refractivity (Wildman–Crippen MR) is 65.8 cm³/mol. The van der Waals surface area contributed by atoms with Gasteiger partial charge >= 0.3 is 0 Å². The Labute approximate surface area is 98.3 Å². The van der Waals surface area contributed by atoms with Crippen LogP contribution in [0.25, 0.3) is 16.6 Å². The number of benzene rings is 2. The van der Waals surface area contributed by atoms with Gasteiger partial charge in [-0.1, -0.05) is 11.6 Å². The minimum absolute atomic E-state index is 0.235. The van der Waals surface area contributed by atoms with Crippen LogP contribution in [0.5, 0.6) is 0 Å². The first kappa shape index (κ1) is 10.0. The fraction of sp³-hybridized carbons (Fsp3) is 0.0714. The van der Waals surface area contributed by atoms with Crippen LogP contribution in [0.2, 0.25) is 0 Å². The van der Waals surface area contributed by atoms with Gasteiger partial charge in [0.2, 0.25) is 0 Å². The van der Waals surface area contributed by atoms with Gasteiger partial charge in [-0.05, 0) is 43.3 Å². The molecule has 0 fully saturated rings. The Kier molecular flexibility index (Phi) is 2.18. The Hall–Kier alpha value is -2.16. The fourth-order valence-electron chi connectivity index (χ4n) is 1.94. The van der Waals surface area contributed by atoms with Gasteiger partial charge in [-0.25, -0.2) is 9.07 Å². The van der Waals surface area contributed by atoms with Gasteiger partial charge in [0.05, 0.1) is 17.4 Å². The largest absolute Gasteiger partial charge is 0.233 e. The van der Waals surface area contributed by atoms with Gasteiger partial charge in [0, 0.05) is 5.39 Å². The van der Waals surface area contributed by atoms with Gasteiger partial charge in [-0.2, -0.15) is 5.10 Å². The van der Waals surface area contributed by atoms with E-state index in [9.17, 15) is 4.39 Å². The third-order valence-corrected chi connectivity index (χ3v) is 2.79. The number of hydrogen-bond acceptors (Lipinski definition) is 1. The fourth-order valence-corrected chi connectivity index (χ4v) is 1.94. The molecule has 0 N–H and O–H groups in total. The Morgan fingerprint density at radius 2 is 1.82 bits per heavy atom. The molecular formula is C14H11FN2. The van der Waals surface area contributed by atoms with E-state index in [4.69, 9.17) is 0 Å². The maximum absolute atomic E-state index is 12.9. The highest BCUT2D eigenvalue weighted by Gasteiger charge is 2.04. The number of aromatic nitrogens is 2. The van der Waals surface area contributed by atoms with Crippen molar-refractivity contribution in [2.45, 2.75) is 6.92 Å². The second-order valence-corrected chi connectivity index (χ2v) is 4.10. The zero-order chi connectivity index (χ0) is 11.8. The molecule has 0 aliphatic rings. The number of hydrogen-bond donors (Lipinski definition) is 0. The van der Waals surface area contributed by atoms with Gasteiger partial charge in [-0.3, -0.25) is 0 Å². The van der Waals surface area contributed by atoms with Crippen molar-refractivity contribution in [3.63, 3.8) is 0 Å². The van der Waals surface area contributed by atoms with Crippen LogP contribution in [0.15, 0.2) is 48.7 Å². The number of nitrogens with zero attached hydrogens (tertiary/aromatic N) is 2. The van der Waals surface area contributed by atoms with Gasteiger partial charge < -0.3 is 0 Å². The summed E-state index contributed by atoms with van der Waals surface area (Å²) in [6, 6.07) is 12.5. The molecule has 0 amide bonds. The molecule has 1 heterocycles. The molecule has 0 radical (unpaired) electrons. The molecule has 3 heteroatoms. The first-order chi connectivity index (χ1) is 8.24. The lowest BCUT2D eigenvalue weighted by molar-refractivity contribution is 0.627. The Balaban J connectivity index is 2.21. The summed E-state index contributed by atoms with van der Waals surface area (Å²) in [6.07, 6.45) is 1.83. The van der Waals surface area contributed by atoms with E-state index in [1.807, 2.05) is 23.0 Å². The van der Waals surface area contributed by atoms with Crippen LogP contribution >= 0.6 is 0 Å². The molecule has 17 heavy (non-hydrogen) atoms. The van der Waals surface area contributed by atoms with Crippen molar-refractivity contribution in [2.75, 3.05) is 0 Å². The summed E-state index contributed by atoms with van der Waals surface area (Å²) in [4.78, 5) is 0. The highest BCUT2D eigenvalue weighted by atomic mass is 19.1. The average Bonchev–Trinajstić information content (AvgIpc) is 2.73.